The van der Waals surface area contributed by atoms with E-state index in [4.69, 9.17) is 21.1 Å². The van der Waals surface area contributed by atoms with Gasteiger partial charge in [-0.1, -0.05) is 17.7 Å². The second-order valence-electron chi connectivity index (χ2n) is 7.68. The highest BCUT2D eigenvalue weighted by atomic mass is 35.5. The zero-order valence-corrected chi connectivity index (χ0v) is 18.0. The Morgan fingerprint density at radius 1 is 0.967 bits per heavy atom. The smallest absolute Gasteiger partial charge is 0.255 e. The van der Waals surface area contributed by atoms with Crippen LogP contribution in [-0.2, 0) is 0 Å². The minimum absolute atomic E-state index is 0.548. The molecule has 0 saturated carbocycles. The Bertz CT molecular complexity index is 1210. The third-order valence-corrected chi connectivity index (χ3v) is 6.00. The van der Waals surface area contributed by atoms with Gasteiger partial charge in [-0.05, 0) is 50.6 Å². The Morgan fingerprint density at radius 3 is 2.47 bits per heavy atom. The van der Waals surface area contributed by atoms with Gasteiger partial charge in [0, 0.05) is 48.1 Å². The van der Waals surface area contributed by atoms with Crippen molar-refractivity contribution in [1.82, 2.24) is 19.6 Å². The number of anilines is 2. The van der Waals surface area contributed by atoms with Crippen molar-refractivity contribution in [2.75, 3.05) is 36.0 Å². The zero-order valence-electron chi connectivity index (χ0n) is 17.3. The number of hydrogen-bond donors (Lipinski definition) is 0. The maximum Gasteiger partial charge on any atom is 0.255 e. The lowest BCUT2D eigenvalue weighted by atomic mass is 10.1. The molecule has 0 spiro atoms. The number of piperazine rings is 1. The lowest BCUT2D eigenvalue weighted by Crippen LogP contribution is -2.47. The molecule has 0 unspecified atom stereocenters. The molecule has 0 atom stereocenters. The lowest BCUT2D eigenvalue weighted by molar-refractivity contribution is 0.577. The fraction of sp³-hybridized carbons (Fsp3) is 0.318. The van der Waals surface area contributed by atoms with Crippen molar-refractivity contribution in [1.29, 1.82) is 0 Å². The molecule has 0 radical (unpaired) electrons. The van der Waals surface area contributed by atoms with E-state index in [1.807, 2.05) is 29.6 Å². The van der Waals surface area contributed by atoms with E-state index < -0.39 is 0 Å². The molecule has 1 fully saturated rings. The number of benzene rings is 1. The van der Waals surface area contributed by atoms with Gasteiger partial charge in [0.1, 0.15) is 5.82 Å². The Balaban J connectivity index is 1.48. The van der Waals surface area contributed by atoms with Gasteiger partial charge < -0.3 is 14.2 Å². The third-order valence-electron chi connectivity index (χ3n) is 5.77. The summed E-state index contributed by atoms with van der Waals surface area (Å²) in [7, 11) is 0. The van der Waals surface area contributed by atoms with Gasteiger partial charge >= 0.3 is 0 Å². The molecule has 1 aliphatic rings. The summed E-state index contributed by atoms with van der Waals surface area (Å²) in [5.74, 6) is 2.83. The molecule has 4 aromatic rings. The number of aryl methyl sites for hydroxylation is 2. The van der Waals surface area contributed by atoms with Crippen LogP contribution < -0.4 is 9.80 Å². The maximum absolute atomic E-state index is 6.24. The van der Waals surface area contributed by atoms with E-state index >= 15 is 0 Å². The van der Waals surface area contributed by atoms with Gasteiger partial charge in [0.2, 0.25) is 5.82 Å². The van der Waals surface area contributed by atoms with Crippen LogP contribution in [0.15, 0.2) is 41.0 Å². The van der Waals surface area contributed by atoms with Gasteiger partial charge in [-0.15, -0.1) is 5.10 Å². The van der Waals surface area contributed by atoms with Crippen LogP contribution in [0.1, 0.15) is 16.8 Å². The Hall–Kier alpha value is -3.06. The van der Waals surface area contributed by atoms with E-state index in [-0.39, 0.29) is 0 Å². The number of fused-ring (bicyclic) bond motifs is 1. The standard InChI is InChI=1S/C22H23ClN6O/c1-14-6-7-17(23)13-18(14)27-8-10-28(11-9-27)21-15(2)16(3)24-22-25-20(26-29(21)22)19-5-4-12-30-19/h4-7,12-13H,8-11H2,1-3H3. The minimum atomic E-state index is 0.548. The Kier molecular flexibility index (Phi) is 4.62. The molecule has 8 heteroatoms. The number of nitrogens with zero attached hydrogens (tertiary/aromatic N) is 6. The van der Waals surface area contributed by atoms with Gasteiger partial charge in [0.25, 0.3) is 5.78 Å². The van der Waals surface area contributed by atoms with Crippen LogP contribution in [0.25, 0.3) is 17.4 Å². The summed E-state index contributed by atoms with van der Waals surface area (Å²) in [6.07, 6.45) is 1.63. The SMILES string of the molecule is Cc1ccc(Cl)cc1N1CCN(c2c(C)c(C)nc3nc(-c4ccco4)nn23)CC1. The molecule has 0 N–H and O–H groups in total. The molecule has 0 amide bonds. The molecular weight excluding hydrogens is 400 g/mol. The summed E-state index contributed by atoms with van der Waals surface area (Å²) >= 11 is 6.24. The van der Waals surface area contributed by atoms with Crippen molar-refractivity contribution in [2.45, 2.75) is 20.8 Å². The van der Waals surface area contributed by atoms with Crippen LogP contribution >= 0.6 is 11.6 Å². The number of hydrogen-bond acceptors (Lipinski definition) is 6. The van der Waals surface area contributed by atoms with Crippen LogP contribution in [0, 0.1) is 20.8 Å². The van der Waals surface area contributed by atoms with Crippen molar-refractivity contribution in [3.05, 3.63) is 58.4 Å². The van der Waals surface area contributed by atoms with Crippen molar-refractivity contribution in [3.8, 4) is 11.6 Å². The van der Waals surface area contributed by atoms with E-state index in [2.05, 4.69) is 45.7 Å². The fourth-order valence-electron chi connectivity index (χ4n) is 4.04. The lowest BCUT2D eigenvalue weighted by Gasteiger charge is -2.38. The summed E-state index contributed by atoms with van der Waals surface area (Å²) in [5.41, 5.74) is 4.52. The second-order valence-corrected chi connectivity index (χ2v) is 8.11. The fourth-order valence-corrected chi connectivity index (χ4v) is 4.20. The average Bonchev–Trinajstić information content (AvgIpc) is 3.41. The molecule has 1 saturated heterocycles. The molecule has 4 heterocycles. The number of aromatic nitrogens is 4. The monoisotopic (exact) mass is 422 g/mol. The molecule has 7 nitrogen and oxygen atoms in total. The van der Waals surface area contributed by atoms with E-state index in [0.717, 1.165) is 48.3 Å². The summed E-state index contributed by atoms with van der Waals surface area (Å²) < 4.78 is 7.33. The van der Waals surface area contributed by atoms with Gasteiger partial charge in [-0.2, -0.15) is 9.50 Å². The Labute approximate surface area is 179 Å². The van der Waals surface area contributed by atoms with E-state index in [0.29, 0.717) is 17.4 Å². The maximum atomic E-state index is 6.24. The summed E-state index contributed by atoms with van der Waals surface area (Å²) in [6.45, 7) is 9.81. The van der Waals surface area contributed by atoms with Gasteiger partial charge in [0.15, 0.2) is 5.76 Å². The second kappa shape index (κ2) is 7.32. The van der Waals surface area contributed by atoms with Gasteiger partial charge in [-0.3, -0.25) is 0 Å². The van der Waals surface area contributed by atoms with Gasteiger partial charge in [0.05, 0.1) is 6.26 Å². The molecule has 1 aliphatic heterocycles. The van der Waals surface area contributed by atoms with Gasteiger partial charge in [-0.25, -0.2) is 4.98 Å². The van der Waals surface area contributed by atoms with Crippen molar-refractivity contribution >= 4 is 28.9 Å². The summed E-state index contributed by atoms with van der Waals surface area (Å²) in [4.78, 5) is 14.0. The molecular formula is C22H23ClN6O. The van der Waals surface area contributed by atoms with Crippen molar-refractivity contribution in [3.63, 3.8) is 0 Å². The quantitative estimate of drug-likeness (QED) is 0.490. The van der Waals surface area contributed by atoms with Crippen molar-refractivity contribution in [2.24, 2.45) is 0 Å². The number of rotatable bonds is 3. The molecule has 3 aromatic heterocycles. The van der Waals surface area contributed by atoms with Crippen LogP contribution in [0.4, 0.5) is 11.5 Å². The highest BCUT2D eigenvalue weighted by molar-refractivity contribution is 6.30. The van der Waals surface area contributed by atoms with Crippen molar-refractivity contribution < 1.29 is 4.42 Å². The first-order valence-corrected chi connectivity index (χ1v) is 10.4. The summed E-state index contributed by atoms with van der Waals surface area (Å²) in [5, 5.41) is 5.48. The molecule has 0 aliphatic carbocycles. The first-order valence-electron chi connectivity index (χ1n) is 10.0. The molecule has 154 valence electrons. The Morgan fingerprint density at radius 2 is 1.73 bits per heavy atom. The largest absolute Gasteiger partial charge is 0.461 e. The van der Waals surface area contributed by atoms with Crippen LogP contribution in [0.3, 0.4) is 0 Å². The first kappa shape index (κ1) is 18.9. The predicted octanol–water partition coefficient (Wildman–Crippen LogP) is 4.29. The van der Waals surface area contributed by atoms with Crippen LogP contribution in [0.2, 0.25) is 5.02 Å². The molecule has 1 aromatic carbocycles. The third kappa shape index (κ3) is 3.19. The average molecular weight is 423 g/mol. The van der Waals surface area contributed by atoms with Crippen LogP contribution in [-0.4, -0.2) is 45.8 Å². The van der Waals surface area contributed by atoms with E-state index in [9.17, 15) is 0 Å². The number of halogens is 1. The molecule has 5 rings (SSSR count). The highest BCUT2D eigenvalue weighted by Crippen LogP contribution is 2.29. The first-order chi connectivity index (χ1) is 14.5. The van der Waals surface area contributed by atoms with Crippen LogP contribution in [0.5, 0.6) is 0 Å². The predicted molar refractivity (Wildman–Crippen MR) is 119 cm³/mol. The van der Waals surface area contributed by atoms with E-state index in [1.165, 1.54) is 11.3 Å². The minimum Gasteiger partial charge on any atom is -0.461 e. The number of furan rings is 1. The topological polar surface area (TPSA) is 62.7 Å². The van der Waals surface area contributed by atoms with E-state index in [1.54, 1.807) is 6.26 Å². The molecule has 30 heavy (non-hydrogen) atoms. The normalized spacial score (nSPS) is 14.7. The highest BCUT2D eigenvalue weighted by Gasteiger charge is 2.24. The zero-order chi connectivity index (χ0) is 20.8. The summed E-state index contributed by atoms with van der Waals surface area (Å²) in [6, 6.07) is 9.77. The molecule has 0 bridgehead atoms.